The molecule has 23 heavy (non-hydrogen) atoms. The maximum Gasteiger partial charge on any atom is 0.244 e. The van der Waals surface area contributed by atoms with Crippen molar-refractivity contribution in [2.45, 2.75) is 32.9 Å². The highest BCUT2D eigenvalue weighted by Gasteiger charge is 2.40. The standard InChI is InChI=1S/C17H22N2O3S/c1-17(2,3)16(21)19-10-23-9-13(19)15(20)18-12-8-22-14-7-5-4-6-11(12)14/h4-7,12-13H,8-10H2,1-3H3,(H,18,20). The number of fused-ring (bicyclic) bond motifs is 1. The molecule has 2 amide bonds. The molecule has 6 heteroatoms. The van der Waals surface area contributed by atoms with Gasteiger partial charge in [-0.3, -0.25) is 9.59 Å². The molecule has 2 unspecified atom stereocenters. The van der Waals surface area contributed by atoms with Gasteiger partial charge in [0.1, 0.15) is 18.4 Å². The summed E-state index contributed by atoms with van der Waals surface area (Å²) < 4.78 is 5.60. The zero-order valence-electron chi connectivity index (χ0n) is 13.7. The molecule has 2 heterocycles. The molecule has 0 saturated carbocycles. The third kappa shape index (κ3) is 3.17. The molecule has 0 bridgehead atoms. The summed E-state index contributed by atoms with van der Waals surface area (Å²) in [6, 6.07) is 7.18. The van der Waals surface area contributed by atoms with Gasteiger partial charge in [-0.2, -0.15) is 0 Å². The number of rotatable bonds is 2. The quantitative estimate of drug-likeness (QED) is 0.901. The summed E-state index contributed by atoms with van der Waals surface area (Å²) in [7, 11) is 0. The zero-order valence-corrected chi connectivity index (χ0v) is 14.5. The lowest BCUT2D eigenvalue weighted by molar-refractivity contribution is -0.144. The molecule has 2 aliphatic heterocycles. The molecule has 0 aromatic heterocycles. The van der Waals surface area contributed by atoms with Gasteiger partial charge >= 0.3 is 0 Å². The van der Waals surface area contributed by atoms with Gasteiger partial charge in [0.05, 0.1) is 11.9 Å². The summed E-state index contributed by atoms with van der Waals surface area (Å²) in [6.07, 6.45) is 0. The van der Waals surface area contributed by atoms with E-state index in [0.29, 0.717) is 18.2 Å². The molecule has 0 aliphatic carbocycles. The van der Waals surface area contributed by atoms with Crippen LogP contribution < -0.4 is 10.1 Å². The monoisotopic (exact) mass is 334 g/mol. The van der Waals surface area contributed by atoms with Crippen LogP contribution in [0.25, 0.3) is 0 Å². The number of carbonyl (C=O) groups is 2. The summed E-state index contributed by atoms with van der Waals surface area (Å²) in [4.78, 5) is 26.9. The Balaban J connectivity index is 1.70. The van der Waals surface area contributed by atoms with Crippen molar-refractivity contribution < 1.29 is 14.3 Å². The van der Waals surface area contributed by atoms with E-state index in [2.05, 4.69) is 5.32 Å². The van der Waals surface area contributed by atoms with Crippen LogP contribution in [-0.2, 0) is 9.59 Å². The minimum atomic E-state index is -0.480. The van der Waals surface area contributed by atoms with Crippen molar-refractivity contribution in [3.63, 3.8) is 0 Å². The molecular weight excluding hydrogens is 312 g/mol. The first-order chi connectivity index (χ1) is 10.9. The van der Waals surface area contributed by atoms with Crippen molar-refractivity contribution in [3.05, 3.63) is 29.8 Å². The summed E-state index contributed by atoms with van der Waals surface area (Å²) >= 11 is 1.62. The van der Waals surface area contributed by atoms with Gasteiger partial charge in [-0.25, -0.2) is 0 Å². The van der Waals surface area contributed by atoms with E-state index >= 15 is 0 Å². The largest absolute Gasteiger partial charge is 0.491 e. The van der Waals surface area contributed by atoms with Crippen molar-refractivity contribution in [1.82, 2.24) is 10.2 Å². The second kappa shape index (κ2) is 6.07. The number of ether oxygens (including phenoxy) is 1. The Morgan fingerprint density at radius 2 is 2.04 bits per heavy atom. The van der Waals surface area contributed by atoms with E-state index in [0.717, 1.165) is 11.3 Å². The highest BCUT2D eigenvalue weighted by Crippen LogP contribution is 2.33. The van der Waals surface area contributed by atoms with Crippen LogP contribution >= 0.6 is 11.8 Å². The summed E-state index contributed by atoms with van der Waals surface area (Å²) in [5.74, 6) is 1.96. The molecular formula is C17H22N2O3S. The predicted octanol–water partition coefficient (Wildman–Crippen LogP) is 2.18. The number of amides is 2. The molecule has 1 aromatic rings. The number of benzene rings is 1. The molecule has 1 aromatic carbocycles. The lowest BCUT2D eigenvalue weighted by Gasteiger charge is -2.30. The molecule has 2 atom stereocenters. The number of nitrogens with zero attached hydrogens (tertiary/aromatic N) is 1. The number of para-hydroxylation sites is 1. The average molecular weight is 334 g/mol. The lowest BCUT2D eigenvalue weighted by atomic mass is 9.94. The smallest absolute Gasteiger partial charge is 0.244 e. The molecule has 3 rings (SSSR count). The van der Waals surface area contributed by atoms with Gasteiger partial charge in [-0.1, -0.05) is 39.0 Å². The summed E-state index contributed by atoms with van der Waals surface area (Å²) in [5.41, 5.74) is 0.521. The van der Waals surface area contributed by atoms with Crippen molar-refractivity contribution in [3.8, 4) is 5.75 Å². The van der Waals surface area contributed by atoms with Crippen LogP contribution in [0.1, 0.15) is 32.4 Å². The maximum absolute atomic E-state index is 12.7. The third-order valence-corrected chi connectivity index (χ3v) is 5.12. The minimum Gasteiger partial charge on any atom is -0.491 e. The molecule has 124 valence electrons. The van der Waals surface area contributed by atoms with E-state index in [9.17, 15) is 9.59 Å². The summed E-state index contributed by atoms with van der Waals surface area (Å²) in [5, 5.41) is 3.04. The first-order valence-electron chi connectivity index (χ1n) is 7.79. The molecule has 0 radical (unpaired) electrons. The first kappa shape index (κ1) is 16.2. The normalized spacial score (nSPS) is 23.3. The Labute approximate surface area is 140 Å². The average Bonchev–Trinajstić information content (AvgIpc) is 3.13. The lowest BCUT2D eigenvalue weighted by Crippen LogP contribution is -2.51. The Morgan fingerprint density at radius 1 is 1.30 bits per heavy atom. The third-order valence-electron chi connectivity index (χ3n) is 4.10. The SMILES string of the molecule is CC(C)(C)C(=O)N1CSCC1C(=O)NC1COc2ccccc21. The van der Waals surface area contributed by atoms with Crippen LogP contribution in [0.3, 0.4) is 0 Å². The van der Waals surface area contributed by atoms with E-state index in [-0.39, 0.29) is 17.9 Å². The molecule has 1 N–H and O–H groups in total. The number of thioether (sulfide) groups is 1. The van der Waals surface area contributed by atoms with E-state index in [1.54, 1.807) is 16.7 Å². The van der Waals surface area contributed by atoms with Crippen molar-refractivity contribution >= 4 is 23.6 Å². The highest BCUT2D eigenvalue weighted by atomic mass is 32.2. The van der Waals surface area contributed by atoms with Crippen molar-refractivity contribution in [2.75, 3.05) is 18.2 Å². The van der Waals surface area contributed by atoms with Crippen LogP contribution in [0.5, 0.6) is 5.75 Å². The molecule has 0 spiro atoms. The zero-order chi connectivity index (χ0) is 16.6. The second-order valence-electron chi connectivity index (χ2n) is 6.95. The first-order valence-corrected chi connectivity index (χ1v) is 8.94. The Hall–Kier alpha value is -1.69. The molecule has 5 nitrogen and oxygen atoms in total. The highest BCUT2D eigenvalue weighted by molar-refractivity contribution is 7.99. The van der Waals surface area contributed by atoms with Crippen LogP contribution in [0.15, 0.2) is 24.3 Å². The Kier molecular flexibility index (Phi) is 4.27. The maximum atomic E-state index is 12.7. The topological polar surface area (TPSA) is 58.6 Å². The van der Waals surface area contributed by atoms with Gasteiger partial charge in [0.25, 0.3) is 0 Å². The van der Waals surface area contributed by atoms with Crippen LogP contribution in [0, 0.1) is 5.41 Å². The Morgan fingerprint density at radius 3 is 2.78 bits per heavy atom. The number of hydrogen-bond donors (Lipinski definition) is 1. The van der Waals surface area contributed by atoms with Crippen LogP contribution in [0.4, 0.5) is 0 Å². The second-order valence-corrected chi connectivity index (χ2v) is 7.95. The fourth-order valence-electron chi connectivity index (χ4n) is 2.84. The molecule has 1 fully saturated rings. The van der Waals surface area contributed by atoms with Gasteiger partial charge in [0, 0.05) is 16.7 Å². The van der Waals surface area contributed by atoms with Crippen LogP contribution in [0.2, 0.25) is 0 Å². The van der Waals surface area contributed by atoms with E-state index < -0.39 is 11.5 Å². The minimum absolute atomic E-state index is 0.0192. The number of carbonyl (C=O) groups excluding carboxylic acids is 2. The predicted molar refractivity (Wildman–Crippen MR) is 90.2 cm³/mol. The van der Waals surface area contributed by atoms with E-state index in [4.69, 9.17) is 4.74 Å². The number of hydrogen-bond acceptors (Lipinski definition) is 4. The van der Waals surface area contributed by atoms with E-state index in [1.807, 2.05) is 45.0 Å². The van der Waals surface area contributed by atoms with Crippen molar-refractivity contribution in [2.24, 2.45) is 5.41 Å². The van der Waals surface area contributed by atoms with Gasteiger partial charge in [-0.05, 0) is 6.07 Å². The van der Waals surface area contributed by atoms with Gasteiger partial charge in [-0.15, -0.1) is 11.8 Å². The Bertz CT molecular complexity index is 627. The van der Waals surface area contributed by atoms with E-state index in [1.165, 1.54) is 0 Å². The fraction of sp³-hybridized carbons (Fsp3) is 0.529. The summed E-state index contributed by atoms with van der Waals surface area (Å²) in [6.45, 7) is 6.09. The fourth-order valence-corrected chi connectivity index (χ4v) is 3.99. The molecule has 2 aliphatic rings. The van der Waals surface area contributed by atoms with Crippen LogP contribution in [-0.4, -0.2) is 41.0 Å². The number of nitrogens with one attached hydrogen (secondary N) is 1. The van der Waals surface area contributed by atoms with Crippen molar-refractivity contribution in [1.29, 1.82) is 0 Å². The van der Waals surface area contributed by atoms with Gasteiger partial charge in [0.2, 0.25) is 11.8 Å². The van der Waals surface area contributed by atoms with Gasteiger partial charge in [0.15, 0.2) is 0 Å². The molecule has 1 saturated heterocycles. The van der Waals surface area contributed by atoms with Gasteiger partial charge < -0.3 is 15.0 Å².